The summed E-state index contributed by atoms with van der Waals surface area (Å²) in [5.74, 6) is -1.69. The van der Waals surface area contributed by atoms with Crippen LogP contribution in [0.3, 0.4) is 0 Å². The minimum Gasteiger partial charge on any atom is -0.488 e. The van der Waals surface area contributed by atoms with Gasteiger partial charge in [0.1, 0.15) is 46.0 Å². The highest BCUT2D eigenvalue weighted by atomic mass is 19.1. The van der Waals surface area contributed by atoms with Crippen molar-refractivity contribution in [1.29, 1.82) is 0 Å². The van der Waals surface area contributed by atoms with Crippen LogP contribution in [0.1, 0.15) is 52.7 Å². The first-order chi connectivity index (χ1) is 27.5. The molecule has 58 heavy (non-hydrogen) atoms. The molecule has 2 nitrogen and oxygen atoms in total. The zero-order valence-electron chi connectivity index (χ0n) is 33.9. The summed E-state index contributed by atoms with van der Waals surface area (Å²) in [6, 6.07) is 34.9. The monoisotopic (exact) mass is 776 g/mol. The van der Waals surface area contributed by atoms with E-state index in [1.165, 1.54) is 24.3 Å². The van der Waals surface area contributed by atoms with E-state index in [2.05, 4.69) is 0 Å². The van der Waals surface area contributed by atoms with Crippen LogP contribution >= 0.6 is 0 Å². The summed E-state index contributed by atoms with van der Waals surface area (Å²) >= 11 is 0. The molecular weight excluding hydrogens is 733 g/mol. The van der Waals surface area contributed by atoms with Crippen LogP contribution in [-0.2, 0) is 0 Å². The van der Waals surface area contributed by atoms with Crippen LogP contribution in [0.25, 0.3) is 76.8 Å². The molecule has 0 heterocycles. The fraction of sp³-hybridized carbons (Fsp3) is 0.192. The summed E-state index contributed by atoms with van der Waals surface area (Å²) in [4.78, 5) is 0. The minimum absolute atomic E-state index is 0.162. The number of hydrogen-bond donors (Lipinski definition) is 0. The summed E-state index contributed by atoms with van der Waals surface area (Å²) < 4.78 is 75.5. The van der Waals surface area contributed by atoms with Crippen molar-refractivity contribution in [2.75, 3.05) is 0 Å². The third kappa shape index (κ3) is 7.28. The van der Waals surface area contributed by atoms with Gasteiger partial charge in [0.05, 0.1) is 0 Å². The van der Waals surface area contributed by atoms with Crippen molar-refractivity contribution in [2.24, 2.45) is 0 Å². The van der Waals surface area contributed by atoms with Gasteiger partial charge in [-0.15, -0.1) is 0 Å². The Morgan fingerprint density at radius 3 is 1.28 bits per heavy atom. The first-order valence-electron chi connectivity index (χ1n) is 19.4. The standard InChI is InChI=1S/C52H44F4O2/c1-29-9-12-31(13-10-29)45-37-21-11-30(2)25-41(37)47(39-22-16-33(53)26-43(39)55)49-46(32-14-18-35(19-15-32)57-51(3,4)5)38-24-20-36(58-52(6,7)8)28-42(38)48(50(45)49)40-23-17-34(54)27-44(40)56/h9-28H,1-8H3. The summed E-state index contributed by atoms with van der Waals surface area (Å²) in [6.07, 6.45) is 0. The van der Waals surface area contributed by atoms with E-state index in [1.54, 1.807) is 0 Å². The van der Waals surface area contributed by atoms with Gasteiger partial charge in [-0.1, -0.05) is 71.8 Å². The molecule has 0 radical (unpaired) electrons. The highest BCUT2D eigenvalue weighted by Crippen LogP contribution is 2.55. The zero-order chi connectivity index (χ0) is 41.3. The fourth-order valence-corrected chi connectivity index (χ4v) is 8.04. The summed E-state index contributed by atoms with van der Waals surface area (Å²) in [5, 5.41) is 4.14. The van der Waals surface area contributed by atoms with Gasteiger partial charge in [-0.3, -0.25) is 0 Å². The van der Waals surface area contributed by atoms with Crippen molar-refractivity contribution < 1.29 is 27.0 Å². The molecule has 0 atom stereocenters. The van der Waals surface area contributed by atoms with E-state index >= 15 is 8.78 Å². The number of halogens is 4. The van der Waals surface area contributed by atoms with Gasteiger partial charge in [0, 0.05) is 34.4 Å². The van der Waals surface area contributed by atoms with Gasteiger partial charge in [-0.25, -0.2) is 17.6 Å². The molecule has 8 aromatic carbocycles. The van der Waals surface area contributed by atoms with Crippen molar-refractivity contribution in [3.63, 3.8) is 0 Å². The molecule has 0 unspecified atom stereocenters. The second-order valence-electron chi connectivity index (χ2n) is 17.1. The van der Waals surface area contributed by atoms with Crippen LogP contribution in [-0.4, -0.2) is 11.2 Å². The quantitative estimate of drug-likeness (QED) is 0.124. The molecule has 0 amide bonds. The van der Waals surface area contributed by atoms with E-state index in [4.69, 9.17) is 9.47 Å². The number of aryl methyl sites for hydroxylation is 2. The van der Waals surface area contributed by atoms with Crippen LogP contribution in [0.15, 0.2) is 121 Å². The lowest BCUT2D eigenvalue weighted by Crippen LogP contribution is -2.22. The maximum Gasteiger partial charge on any atom is 0.133 e. The lowest BCUT2D eigenvalue weighted by Gasteiger charge is -2.27. The topological polar surface area (TPSA) is 18.5 Å². The number of benzene rings is 8. The third-order valence-corrected chi connectivity index (χ3v) is 10.2. The summed E-state index contributed by atoms with van der Waals surface area (Å²) in [7, 11) is 0. The molecule has 292 valence electrons. The second kappa shape index (κ2) is 14.4. The highest BCUT2D eigenvalue weighted by Gasteiger charge is 2.29. The molecule has 8 rings (SSSR count). The van der Waals surface area contributed by atoms with Crippen LogP contribution in [0.4, 0.5) is 17.6 Å². The molecule has 0 aliphatic rings. The predicted octanol–water partition coefficient (Wildman–Crippen LogP) is 15.3. The summed E-state index contributed by atoms with van der Waals surface area (Å²) in [5.41, 5.74) is 5.50. The van der Waals surface area contributed by atoms with Gasteiger partial charge in [0.2, 0.25) is 0 Å². The van der Waals surface area contributed by atoms with Crippen molar-refractivity contribution >= 4 is 32.3 Å². The van der Waals surface area contributed by atoms with E-state index in [0.29, 0.717) is 38.8 Å². The second-order valence-corrected chi connectivity index (χ2v) is 17.1. The Morgan fingerprint density at radius 1 is 0.379 bits per heavy atom. The molecule has 0 spiro atoms. The first kappa shape index (κ1) is 38.7. The maximum absolute atomic E-state index is 16.7. The van der Waals surface area contributed by atoms with E-state index in [-0.39, 0.29) is 11.1 Å². The smallest absolute Gasteiger partial charge is 0.133 e. The Labute approximate surface area is 336 Å². The lowest BCUT2D eigenvalue weighted by molar-refractivity contribution is 0.130. The number of ether oxygens (including phenoxy) is 2. The van der Waals surface area contributed by atoms with Crippen molar-refractivity contribution in [2.45, 2.75) is 66.6 Å². The molecule has 0 aliphatic carbocycles. The van der Waals surface area contributed by atoms with Gasteiger partial charge in [0.25, 0.3) is 0 Å². The Hall–Kier alpha value is -6.14. The van der Waals surface area contributed by atoms with Crippen LogP contribution < -0.4 is 9.47 Å². The van der Waals surface area contributed by atoms with E-state index in [0.717, 1.165) is 61.7 Å². The summed E-state index contributed by atoms with van der Waals surface area (Å²) in [6.45, 7) is 15.8. The molecule has 6 heteroatoms. The van der Waals surface area contributed by atoms with Gasteiger partial charge >= 0.3 is 0 Å². The van der Waals surface area contributed by atoms with Crippen molar-refractivity contribution in [3.05, 3.63) is 156 Å². The normalized spacial score (nSPS) is 12.1. The minimum atomic E-state index is -0.755. The zero-order valence-corrected chi connectivity index (χ0v) is 33.9. The van der Waals surface area contributed by atoms with Crippen molar-refractivity contribution in [1.82, 2.24) is 0 Å². The Kier molecular flexibility index (Phi) is 9.58. The number of hydrogen-bond acceptors (Lipinski definition) is 2. The van der Waals surface area contributed by atoms with Crippen LogP contribution in [0.5, 0.6) is 11.5 Å². The number of rotatable bonds is 6. The van der Waals surface area contributed by atoms with E-state index in [1.807, 2.05) is 140 Å². The Balaban J connectivity index is 1.72. The fourth-order valence-electron chi connectivity index (χ4n) is 8.04. The van der Waals surface area contributed by atoms with Gasteiger partial charge < -0.3 is 9.47 Å². The van der Waals surface area contributed by atoms with Crippen LogP contribution in [0.2, 0.25) is 0 Å². The largest absolute Gasteiger partial charge is 0.488 e. The Bertz CT molecular complexity index is 2900. The Morgan fingerprint density at radius 2 is 0.793 bits per heavy atom. The highest BCUT2D eigenvalue weighted by molar-refractivity contribution is 6.34. The molecule has 0 aromatic heterocycles. The SMILES string of the molecule is Cc1ccc(-c2c3ccc(C)cc3c(-c3ccc(F)cc3F)c3c(-c4ccc(OC(C)(C)C)cc4)c4ccc(OC(C)(C)C)cc4c(-c4ccc(F)cc4F)c23)cc1. The first-order valence-corrected chi connectivity index (χ1v) is 19.4. The third-order valence-electron chi connectivity index (χ3n) is 10.2. The molecule has 0 bridgehead atoms. The van der Waals surface area contributed by atoms with Crippen LogP contribution in [0, 0.1) is 37.1 Å². The predicted molar refractivity (Wildman–Crippen MR) is 231 cm³/mol. The van der Waals surface area contributed by atoms with Gasteiger partial charge in [0.15, 0.2) is 0 Å². The number of fused-ring (bicyclic) bond motifs is 3. The lowest BCUT2D eigenvalue weighted by atomic mass is 9.77. The molecule has 0 fully saturated rings. The average Bonchev–Trinajstić information content (AvgIpc) is 3.13. The van der Waals surface area contributed by atoms with Crippen molar-refractivity contribution in [3.8, 4) is 56.0 Å². The average molecular weight is 777 g/mol. The van der Waals surface area contributed by atoms with Gasteiger partial charge in [-0.2, -0.15) is 0 Å². The molecular formula is C52H44F4O2. The van der Waals surface area contributed by atoms with E-state index in [9.17, 15) is 8.78 Å². The van der Waals surface area contributed by atoms with Gasteiger partial charge in [-0.05, 0) is 158 Å². The molecule has 0 aliphatic heterocycles. The maximum atomic E-state index is 16.7. The molecule has 8 aromatic rings. The molecule has 0 saturated carbocycles. The molecule has 0 N–H and O–H groups in total. The molecule has 0 saturated heterocycles. The van der Waals surface area contributed by atoms with E-state index < -0.39 is 34.5 Å².